The molecule has 6 nitrogen and oxygen atoms in total. The molecule has 33 heavy (non-hydrogen) atoms. The molecular formula is C25H22ClN3O3S. The van der Waals surface area contributed by atoms with Crippen LogP contribution in [0, 0.1) is 0 Å². The Morgan fingerprint density at radius 2 is 1.79 bits per heavy atom. The fourth-order valence-electron chi connectivity index (χ4n) is 4.05. The Balaban J connectivity index is 1.44. The van der Waals surface area contributed by atoms with Crippen LogP contribution in [-0.2, 0) is 6.42 Å². The molecule has 0 N–H and O–H groups in total. The molecule has 4 heterocycles. The van der Waals surface area contributed by atoms with Gasteiger partial charge in [0, 0.05) is 41.5 Å². The lowest BCUT2D eigenvalue weighted by molar-refractivity contribution is 0.0519. The average molecular weight is 480 g/mol. The molecule has 4 aromatic rings. The molecule has 0 saturated carbocycles. The second-order valence-electron chi connectivity index (χ2n) is 7.90. The lowest BCUT2D eigenvalue weighted by atomic mass is 10.0. The zero-order valence-corrected chi connectivity index (χ0v) is 19.7. The Bertz CT molecular complexity index is 1320. The summed E-state index contributed by atoms with van der Waals surface area (Å²) in [7, 11) is 0. The minimum absolute atomic E-state index is 0.0803. The van der Waals surface area contributed by atoms with Gasteiger partial charge in [-0.05, 0) is 55.0 Å². The number of rotatable bonds is 4. The largest absolute Gasteiger partial charge is 0.459 e. The van der Waals surface area contributed by atoms with Crippen LogP contribution in [0.15, 0.2) is 59.2 Å². The molecule has 1 aliphatic rings. The van der Waals surface area contributed by atoms with Crippen LogP contribution < -0.4 is 0 Å². The van der Waals surface area contributed by atoms with E-state index in [0.29, 0.717) is 42.5 Å². The van der Waals surface area contributed by atoms with Crippen LogP contribution in [0.3, 0.4) is 0 Å². The number of pyridine rings is 1. The van der Waals surface area contributed by atoms with Crippen molar-refractivity contribution in [2.45, 2.75) is 13.3 Å². The predicted octanol–water partition coefficient (Wildman–Crippen LogP) is 5.37. The summed E-state index contributed by atoms with van der Waals surface area (Å²) in [5, 5.41) is 1.29. The number of carbonyl (C=O) groups is 2. The Labute approximate surface area is 200 Å². The summed E-state index contributed by atoms with van der Waals surface area (Å²) < 4.78 is 5.23. The van der Waals surface area contributed by atoms with Crippen molar-refractivity contribution in [1.29, 1.82) is 0 Å². The fourth-order valence-corrected chi connectivity index (χ4v) is 5.13. The number of benzene rings is 1. The topological polar surface area (TPSA) is 66.7 Å². The number of fused-ring (bicyclic) bond motifs is 1. The van der Waals surface area contributed by atoms with Crippen molar-refractivity contribution in [2.24, 2.45) is 0 Å². The van der Waals surface area contributed by atoms with Crippen molar-refractivity contribution >= 4 is 45.7 Å². The minimum Gasteiger partial charge on any atom is -0.459 e. The van der Waals surface area contributed by atoms with Crippen molar-refractivity contribution in [2.75, 3.05) is 26.2 Å². The average Bonchev–Trinajstić information content (AvgIpc) is 3.55. The number of piperazine rings is 1. The molecule has 1 aliphatic heterocycles. The molecule has 1 aromatic carbocycles. The second-order valence-corrected chi connectivity index (χ2v) is 9.50. The summed E-state index contributed by atoms with van der Waals surface area (Å²) >= 11 is 7.95. The molecule has 168 valence electrons. The Kier molecular flexibility index (Phi) is 5.91. The van der Waals surface area contributed by atoms with E-state index in [0.717, 1.165) is 27.9 Å². The molecule has 0 atom stereocenters. The first-order chi connectivity index (χ1) is 16.0. The van der Waals surface area contributed by atoms with Gasteiger partial charge in [-0.2, -0.15) is 0 Å². The molecule has 1 saturated heterocycles. The normalized spacial score (nSPS) is 14.1. The Morgan fingerprint density at radius 1 is 1.03 bits per heavy atom. The number of furan rings is 1. The lowest BCUT2D eigenvalue weighted by Gasteiger charge is -2.34. The first-order valence-electron chi connectivity index (χ1n) is 10.8. The summed E-state index contributed by atoms with van der Waals surface area (Å²) in [5.41, 5.74) is 2.09. The molecule has 0 bridgehead atoms. The maximum absolute atomic E-state index is 13.6. The smallest absolute Gasteiger partial charge is 0.289 e. The van der Waals surface area contributed by atoms with Crippen LogP contribution in [0.2, 0.25) is 5.02 Å². The Hall–Kier alpha value is -3.16. The highest BCUT2D eigenvalue weighted by Crippen LogP contribution is 2.32. The summed E-state index contributed by atoms with van der Waals surface area (Å²) in [6.07, 6.45) is 2.45. The van der Waals surface area contributed by atoms with E-state index < -0.39 is 0 Å². The molecular weight excluding hydrogens is 458 g/mol. The van der Waals surface area contributed by atoms with Gasteiger partial charge < -0.3 is 14.2 Å². The van der Waals surface area contributed by atoms with E-state index in [9.17, 15) is 9.59 Å². The van der Waals surface area contributed by atoms with Gasteiger partial charge in [0.05, 0.1) is 27.9 Å². The summed E-state index contributed by atoms with van der Waals surface area (Å²) in [4.78, 5) is 36.8. The van der Waals surface area contributed by atoms with Crippen LogP contribution in [0.5, 0.6) is 0 Å². The highest BCUT2D eigenvalue weighted by atomic mass is 35.5. The van der Waals surface area contributed by atoms with E-state index in [1.165, 1.54) is 11.1 Å². The van der Waals surface area contributed by atoms with Crippen LogP contribution in [0.1, 0.15) is 32.7 Å². The summed E-state index contributed by atoms with van der Waals surface area (Å²) in [5.74, 6) is 0.0832. The third-order valence-corrected chi connectivity index (χ3v) is 7.34. The van der Waals surface area contributed by atoms with Gasteiger partial charge in [-0.1, -0.05) is 18.5 Å². The van der Waals surface area contributed by atoms with Crippen molar-refractivity contribution in [1.82, 2.24) is 14.8 Å². The van der Waals surface area contributed by atoms with Gasteiger partial charge in [0.1, 0.15) is 0 Å². The lowest BCUT2D eigenvalue weighted by Crippen LogP contribution is -2.50. The van der Waals surface area contributed by atoms with E-state index in [1.807, 2.05) is 12.1 Å². The molecule has 2 amide bonds. The molecule has 0 radical (unpaired) electrons. The van der Waals surface area contributed by atoms with Crippen molar-refractivity contribution < 1.29 is 14.0 Å². The number of aromatic nitrogens is 1. The van der Waals surface area contributed by atoms with Gasteiger partial charge in [0.15, 0.2) is 5.76 Å². The highest BCUT2D eigenvalue weighted by molar-refractivity contribution is 7.15. The molecule has 0 aliphatic carbocycles. The monoisotopic (exact) mass is 479 g/mol. The van der Waals surface area contributed by atoms with E-state index in [4.69, 9.17) is 21.0 Å². The van der Waals surface area contributed by atoms with Gasteiger partial charge >= 0.3 is 0 Å². The summed E-state index contributed by atoms with van der Waals surface area (Å²) in [6.45, 7) is 3.92. The second kappa shape index (κ2) is 9.00. The Morgan fingerprint density at radius 3 is 2.45 bits per heavy atom. The van der Waals surface area contributed by atoms with Crippen molar-refractivity contribution in [3.8, 4) is 10.6 Å². The number of hydrogen-bond donors (Lipinski definition) is 0. The van der Waals surface area contributed by atoms with Crippen molar-refractivity contribution in [3.05, 3.63) is 76.0 Å². The number of halogens is 1. The third-order valence-electron chi connectivity index (χ3n) is 5.85. The van der Waals surface area contributed by atoms with Gasteiger partial charge in [-0.25, -0.2) is 4.98 Å². The maximum atomic E-state index is 13.6. The molecule has 1 fully saturated rings. The first-order valence-corrected chi connectivity index (χ1v) is 12.0. The number of aryl methyl sites for hydroxylation is 1. The number of nitrogens with zero attached hydrogens (tertiary/aromatic N) is 3. The zero-order valence-electron chi connectivity index (χ0n) is 18.1. The SMILES string of the molecule is CCc1ccc(-c2cc(C(=O)N3CCN(C(=O)c4ccco4)CC3)c3cc(Cl)ccc3n2)s1. The minimum atomic E-state index is -0.153. The molecule has 0 spiro atoms. The van der Waals surface area contributed by atoms with E-state index in [1.54, 1.807) is 45.4 Å². The molecule has 3 aromatic heterocycles. The highest BCUT2D eigenvalue weighted by Gasteiger charge is 2.28. The van der Waals surface area contributed by atoms with Gasteiger partial charge in [-0.3, -0.25) is 9.59 Å². The quantitative estimate of drug-likeness (QED) is 0.394. The van der Waals surface area contributed by atoms with Crippen molar-refractivity contribution in [3.63, 3.8) is 0 Å². The number of carbonyl (C=O) groups excluding carboxylic acids is 2. The van der Waals surface area contributed by atoms with E-state index in [-0.39, 0.29) is 11.8 Å². The number of thiophene rings is 1. The van der Waals surface area contributed by atoms with Gasteiger partial charge in [0.2, 0.25) is 0 Å². The zero-order chi connectivity index (χ0) is 22.9. The van der Waals surface area contributed by atoms with Crippen LogP contribution in [0.4, 0.5) is 0 Å². The van der Waals surface area contributed by atoms with Gasteiger partial charge in [-0.15, -0.1) is 11.3 Å². The predicted molar refractivity (Wildman–Crippen MR) is 130 cm³/mol. The fraction of sp³-hybridized carbons (Fsp3) is 0.240. The standard InChI is InChI=1S/C25H22ClN3O3S/c1-2-17-6-8-23(33-17)21-15-19(18-14-16(26)5-7-20(18)27-21)24(30)28-9-11-29(12-10-28)25(31)22-4-3-13-32-22/h3-8,13-15H,2,9-12H2,1H3. The van der Waals surface area contributed by atoms with Crippen LogP contribution >= 0.6 is 22.9 Å². The van der Waals surface area contributed by atoms with Crippen LogP contribution in [-0.4, -0.2) is 52.8 Å². The van der Waals surface area contributed by atoms with Gasteiger partial charge in [0.25, 0.3) is 11.8 Å². The van der Waals surface area contributed by atoms with E-state index >= 15 is 0 Å². The first kappa shape index (κ1) is 21.7. The molecule has 8 heteroatoms. The maximum Gasteiger partial charge on any atom is 0.289 e. The number of hydrogen-bond acceptors (Lipinski definition) is 5. The summed E-state index contributed by atoms with van der Waals surface area (Å²) in [6, 6.07) is 14.8. The molecule has 0 unspecified atom stereocenters. The third kappa shape index (κ3) is 4.26. The number of amides is 2. The van der Waals surface area contributed by atoms with Crippen LogP contribution in [0.25, 0.3) is 21.5 Å². The van der Waals surface area contributed by atoms with E-state index in [2.05, 4.69) is 19.1 Å². The molecule has 5 rings (SSSR count).